The maximum Gasteiger partial charge on any atom is 0.300 e. The molecule has 2 fully saturated rings. The first-order valence-electron chi connectivity index (χ1n) is 5.85. The summed E-state index contributed by atoms with van der Waals surface area (Å²) >= 11 is 6.48. The Balaban J connectivity index is 1.97. The summed E-state index contributed by atoms with van der Waals surface area (Å²) in [5.41, 5.74) is -0.338. The monoisotopic (exact) mass is 322 g/mol. The van der Waals surface area contributed by atoms with Crippen LogP contribution in [0.1, 0.15) is 19.3 Å². The average molecular weight is 323 g/mol. The molecule has 1 aliphatic carbocycles. The van der Waals surface area contributed by atoms with Gasteiger partial charge in [-0.25, -0.2) is 8.42 Å². The van der Waals surface area contributed by atoms with E-state index in [0.29, 0.717) is 12.5 Å². The third kappa shape index (κ3) is 2.06. The molecule has 0 N–H and O–H groups in total. The van der Waals surface area contributed by atoms with Crippen LogP contribution in [0.3, 0.4) is 0 Å². The van der Waals surface area contributed by atoms with Gasteiger partial charge in [0, 0.05) is 18.7 Å². The number of nitro groups is 1. The van der Waals surface area contributed by atoms with Gasteiger partial charge in [-0.2, -0.15) is 4.31 Å². The van der Waals surface area contributed by atoms with Crippen molar-refractivity contribution < 1.29 is 13.3 Å². The van der Waals surface area contributed by atoms with Crippen molar-refractivity contribution >= 4 is 38.6 Å². The summed E-state index contributed by atoms with van der Waals surface area (Å²) in [6.45, 7) is 0.524. The highest BCUT2D eigenvalue weighted by Gasteiger charge is 2.45. The maximum atomic E-state index is 12.5. The molecule has 0 radical (unpaired) electrons. The van der Waals surface area contributed by atoms with E-state index in [-0.39, 0.29) is 20.3 Å². The fourth-order valence-corrected chi connectivity index (χ4v) is 6.42. The molecule has 1 saturated heterocycles. The van der Waals surface area contributed by atoms with Crippen LogP contribution in [0.2, 0.25) is 4.34 Å². The van der Waals surface area contributed by atoms with Crippen LogP contribution in [-0.4, -0.2) is 30.2 Å². The minimum Gasteiger partial charge on any atom is -0.258 e. The third-order valence-electron chi connectivity index (χ3n) is 3.76. The van der Waals surface area contributed by atoms with Gasteiger partial charge >= 0.3 is 0 Å². The molecule has 3 rings (SSSR count). The van der Waals surface area contributed by atoms with Crippen LogP contribution in [0.5, 0.6) is 0 Å². The number of rotatable bonds is 3. The summed E-state index contributed by atoms with van der Waals surface area (Å²) in [6.07, 6.45) is 2.85. The molecule has 2 atom stereocenters. The van der Waals surface area contributed by atoms with Crippen LogP contribution in [-0.2, 0) is 10.0 Å². The molecule has 2 heterocycles. The van der Waals surface area contributed by atoms with Gasteiger partial charge in [0.05, 0.1) is 4.92 Å². The van der Waals surface area contributed by atoms with Gasteiger partial charge in [-0.15, -0.1) is 11.3 Å². The Kier molecular flexibility index (Phi) is 3.08. The van der Waals surface area contributed by atoms with Crippen LogP contribution < -0.4 is 0 Å². The Morgan fingerprint density at radius 3 is 2.68 bits per heavy atom. The lowest BCUT2D eigenvalue weighted by molar-refractivity contribution is -0.384. The van der Waals surface area contributed by atoms with Crippen molar-refractivity contribution in [2.45, 2.75) is 29.5 Å². The second-order valence-corrected chi connectivity index (χ2v) is 8.66. The van der Waals surface area contributed by atoms with E-state index < -0.39 is 14.9 Å². The molecule has 1 aromatic rings. The minimum absolute atomic E-state index is 0.0308. The molecule has 1 aromatic heterocycles. The predicted molar refractivity (Wildman–Crippen MR) is 71.0 cm³/mol. The van der Waals surface area contributed by atoms with Crippen molar-refractivity contribution in [3.05, 3.63) is 20.5 Å². The lowest BCUT2D eigenvalue weighted by atomic mass is 10.1. The molecule has 2 bridgehead atoms. The van der Waals surface area contributed by atoms with Gasteiger partial charge in [0.1, 0.15) is 4.21 Å². The van der Waals surface area contributed by atoms with Crippen molar-refractivity contribution in [3.63, 3.8) is 0 Å². The standard InChI is InChI=1S/C10H11ClN2O4S2/c11-10-8(13(14)15)4-9(18-10)19(16,17)12-5-6-1-2-7(12)3-6/h4,6-7H,1-3,5H2. The van der Waals surface area contributed by atoms with E-state index in [9.17, 15) is 18.5 Å². The van der Waals surface area contributed by atoms with Crippen molar-refractivity contribution in [1.82, 2.24) is 4.31 Å². The van der Waals surface area contributed by atoms with Gasteiger partial charge < -0.3 is 0 Å². The molecule has 0 aromatic carbocycles. The van der Waals surface area contributed by atoms with Crippen molar-refractivity contribution in [2.24, 2.45) is 5.92 Å². The fourth-order valence-electron chi connectivity index (χ4n) is 2.88. The van der Waals surface area contributed by atoms with Crippen molar-refractivity contribution in [3.8, 4) is 0 Å². The van der Waals surface area contributed by atoms with Crippen molar-refractivity contribution in [1.29, 1.82) is 0 Å². The normalized spacial score (nSPS) is 27.0. The van der Waals surface area contributed by atoms with E-state index in [0.717, 1.165) is 36.7 Å². The van der Waals surface area contributed by atoms with Gasteiger partial charge in [0.15, 0.2) is 4.34 Å². The Labute approximate surface area is 119 Å². The van der Waals surface area contributed by atoms with Crippen molar-refractivity contribution in [2.75, 3.05) is 6.54 Å². The molecular weight excluding hydrogens is 312 g/mol. The van der Waals surface area contributed by atoms with Gasteiger partial charge in [-0.05, 0) is 25.2 Å². The highest BCUT2D eigenvalue weighted by Crippen LogP contribution is 2.43. The van der Waals surface area contributed by atoms with E-state index in [1.807, 2.05) is 0 Å². The smallest absolute Gasteiger partial charge is 0.258 e. The average Bonchev–Trinajstić information content (AvgIpc) is 3.01. The van der Waals surface area contributed by atoms with E-state index >= 15 is 0 Å². The summed E-state index contributed by atoms with van der Waals surface area (Å²) in [5.74, 6) is 0.435. The zero-order chi connectivity index (χ0) is 13.8. The van der Waals surface area contributed by atoms with E-state index in [1.54, 1.807) is 0 Å². The second kappa shape index (κ2) is 4.41. The number of piperidine rings is 1. The first-order valence-corrected chi connectivity index (χ1v) is 8.48. The molecule has 9 heteroatoms. The third-order valence-corrected chi connectivity index (χ3v) is 7.47. The largest absolute Gasteiger partial charge is 0.300 e. The number of thiophene rings is 1. The highest BCUT2D eigenvalue weighted by atomic mass is 35.5. The molecule has 6 nitrogen and oxygen atoms in total. The molecular formula is C10H11ClN2O4S2. The summed E-state index contributed by atoms with van der Waals surface area (Å²) in [5, 5.41) is 10.7. The van der Waals surface area contributed by atoms with Gasteiger partial charge in [-0.1, -0.05) is 11.6 Å². The lowest BCUT2D eigenvalue weighted by Gasteiger charge is -2.25. The Bertz CT molecular complexity index is 642. The SMILES string of the molecule is O=[N+]([O-])c1cc(S(=O)(=O)N2CC3CCC2C3)sc1Cl. The summed E-state index contributed by atoms with van der Waals surface area (Å²) in [4.78, 5) is 10.1. The van der Waals surface area contributed by atoms with E-state index in [4.69, 9.17) is 11.6 Å². The number of fused-ring (bicyclic) bond motifs is 2. The first kappa shape index (κ1) is 13.3. The van der Waals surface area contributed by atoms with Crippen LogP contribution in [0.25, 0.3) is 0 Å². The fraction of sp³-hybridized carbons (Fsp3) is 0.600. The van der Waals surface area contributed by atoms with Gasteiger partial charge in [0.2, 0.25) is 0 Å². The Morgan fingerprint density at radius 2 is 2.21 bits per heavy atom. The molecule has 2 aliphatic rings. The summed E-state index contributed by atoms with van der Waals surface area (Å²) in [6, 6.07) is 1.11. The molecule has 1 saturated carbocycles. The Morgan fingerprint density at radius 1 is 1.47 bits per heavy atom. The van der Waals surface area contributed by atoms with Gasteiger partial charge in [0.25, 0.3) is 15.7 Å². The molecule has 0 amide bonds. The Hall–Kier alpha value is -0.700. The van der Waals surface area contributed by atoms with Crippen LogP contribution in [0, 0.1) is 16.0 Å². The van der Waals surface area contributed by atoms with Crippen LogP contribution in [0.15, 0.2) is 10.3 Å². The second-order valence-electron chi connectivity index (χ2n) is 4.89. The number of halogens is 1. The number of hydrogen-bond acceptors (Lipinski definition) is 5. The quantitative estimate of drug-likeness (QED) is 0.632. The molecule has 1 aliphatic heterocycles. The van der Waals surface area contributed by atoms with Crippen LogP contribution in [0.4, 0.5) is 5.69 Å². The molecule has 0 spiro atoms. The highest BCUT2D eigenvalue weighted by molar-refractivity contribution is 7.91. The first-order chi connectivity index (χ1) is 8.89. The zero-order valence-corrected chi connectivity index (χ0v) is 12.2. The predicted octanol–water partition coefficient (Wildman–Crippen LogP) is 2.48. The number of hydrogen-bond donors (Lipinski definition) is 0. The molecule has 104 valence electrons. The lowest BCUT2D eigenvalue weighted by Crippen LogP contribution is -2.37. The van der Waals surface area contributed by atoms with Crippen LogP contribution >= 0.6 is 22.9 Å². The topological polar surface area (TPSA) is 80.5 Å². The minimum atomic E-state index is -3.64. The molecule has 19 heavy (non-hydrogen) atoms. The van der Waals surface area contributed by atoms with Gasteiger partial charge in [-0.3, -0.25) is 10.1 Å². The number of sulfonamides is 1. The molecule has 2 unspecified atom stereocenters. The maximum absolute atomic E-state index is 12.5. The summed E-state index contributed by atoms with van der Waals surface area (Å²) < 4.78 is 26.3. The summed E-state index contributed by atoms with van der Waals surface area (Å²) in [7, 11) is -3.64. The number of nitrogens with zero attached hydrogens (tertiary/aromatic N) is 2. The van der Waals surface area contributed by atoms with E-state index in [2.05, 4.69) is 0 Å². The van der Waals surface area contributed by atoms with E-state index in [1.165, 1.54) is 4.31 Å². The zero-order valence-electron chi connectivity index (χ0n) is 9.78.